The minimum Gasteiger partial charge on any atom is -0.316 e. The number of piperidine rings is 2. The van der Waals surface area contributed by atoms with Crippen LogP contribution in [0.5, 0.6) is 0 Å². The lowest BCUT2D eigenvalue weighted by molar-refractivity contribution is 0.193. The second kappa shape index (κ2) is 11.8. The zero-order chi connectivity index (χ0) is 18.9. The van der Waals surface area contributed by atoms with Crippen molar-refractivity contribution in [2.45, 2.75) is 110 Å². The first-order chi connectivity index (χ1) is 13.2. The average Bonchev–Trinajstić information content (AvgIpc) is 2.75. The predicted molar refractivity (Wildman–Crippen MR) is 118 cm³/mol. The molecule has 0 aromatic carbocycles. The predicted octanol–water partition coefficient (Wildman–Crippen LogP) is 6.16. The van der Waals surface area contributed by atoms with Crippen LogP contribution in [0.4, 0.5) is 0 Å². The lowest BCUT2D eigenvalue weighted by atomic mass is 9.75. The SMILES string of the molecule is CC(CCC(CCC(C)C1CCCNC1)C1CCCCN1)C1CCCCC1. The van der Waals surface area contributed by atoms with Crippen LogP contribution in [0, 0.1) is 29.6 Å². The minimum atomic E-state index is 0.814. The summed E-state index contributed by atoms with van der Waals surface area (Å²) in [6.45, 7) is 8.88. The molecule has 2 heteroatoms. The van der Waals surface area contributed by atoms with Crippen molar-refractivity contribution in [3.8, 4) is 0 Å². The fourth-order valence-electron chi connectivity index (χ4n) is 6.32. The van der Waals surface area contributed by atoms with Crippen LogP contribution in [-0.2, 0) is 0 Å². The van der Waals surface area contributed by atoms with Crippen LogP contribution in [0.3, 0.4) is 0 Å². The third-order valence-corrected chi connectivity index (χ3v) is 8.50. The van der Waals surface area contributed by atoms with Gasteiger partial charge in [-0.15, -0.1) is 0 Å². The second-order valence-corrected chi connectivity index (χ2v) is 10.4. The van der Waals surface area contributed by atoms with Gasteiger partial charge in [-0.3, -0.25) is 0 Å². The highest BCUT2D eigenvalue weighted by atomic mass is 14.9. The van der Waals surface area contributed by atoms with Gasteiger partial charge in [0.2, 0.25) is 0 Å². The van der Waals surface area contributed by atoms with Crippen LogP contribution in [0.2, 0.25) is 0 Å². The van der Waals surface area contributed by atoms with Crippen LogP contribution < -0.4 is 10.6 Å². The van der Waals surface area contributed by atoms with Gasteiger partial charge in [-0.2, -0.15) is 0 Å². The fourth-order valence-corrected chi connectivity index (χ4v) is 6.32. The molecule has 1 aliphatic carbocycles. The molecule has 0 spiro atoms. The molecule has 0 aromatic heterocycles. The summed E-state index contributed by atoms with van der Waals surface area (Å²) < 4.78 is 0. The Hall–Kier alpha value is -0.0800. The van der Waals surface area contributed by atoms with E-state index in [1.807, 2.05) is 0 Å². The summed E-state index contributed by atoms with van der Waals surface area (Å²) in [5.41, 5.74) is 0. The van der Waals surface area contributed by atoms with E-state index in [0.29, 0.717) is 0 Å². The van der Waals surface area contributed by atoms with E-state index in [1.54, 1.807) is 0 Å². The Labute approximate surface area is 170 Å². The fraction of sp³-hybridized carbons (Fsp3) is 1.00. The van der Waals surface area contributed by atoms with Gasteiger partial charge in [0.05, 0.1) is 0 Å². The summed E-state index contributed by atoms with van der Waals surface area (Å²) in [7, 11) is 0. The monoisotopic (exact) mass is 376 g/mol. The summed E-state index contributed by atoms with van der Waals surface area (Å²) in [4.78, 5) is 0. The first-order valence-electron chi connectivity index (χ1n) is 12.7. The Kier molecular flexibility index (Phi) is 9.46. The number of nitrogens with one attached hydrogen (secondary N) is 2. The van der Waals surface area contributed by atoms with Gasteiger partial charge in [0, 0.05) is 6.04 Å². The molecule has 2 heterocycles. The van der Waals surface area contributed by atoms with Gasteiger partial charge in [-0.1, -0.05) is 65.2 Å². The second-order valence-electron chi connectivity index (χ2n) is 10.4. The molecule has 2 N–H and O–H groups in total. The van der Waals surface area contributed by atoms with Crippen molar-refractivity contribution in [1.82, 2.24) is 10.6 Å². The van der Waals surface area contributed by atoms with Crippen LogP contribution >= 0.6 is 0 Å². The highest BCUT2D eigenvalue weighted by Crippen LogP contribution is 2.35. The van der Waals surface area contributed by atoms with Crippen LogP contribution in [0.25, 0.3) is 0 Å². The van der Waals surface area contributed by atoms with Gasteiger partial charge in [-0.05, 0) is 87.7 Å². The van der Waals surface area contributed by atoms with Gasteiger partial charge in [0.25, 0.3) is 0 Å². The molecule has 0 bridgehead atoms. The molecule has 3 fully saturated rings. The van der Waals surface area contributed by atoms with Gasteiger partial charge in [0.1, 0.15) is 0 Å². The molecule has 158 valence electrons. The molecule has 5 atom stereocenters. The zero-order valence-corrected chi connectivity index (χ0v) is 18.5. The van der Waals surface area contributed by atoms with E-state index in [9.17, 15) is 0 Å². The average molecular weight is 377 g/mol. The van der Waals surface area contributed by atoms with Crippen molar-refractivity contribution in [2.75, 3.05) is 19.6 Å². The van der Waals surface area contributed by atoms with E-state index in [4.69, 9.17) is 0 Å². The van der Waals surface area contributed by atoms with Crippen molar-refractivity contribution < 1.29 is 0 Å². The summed E-state index contributed by atoms with van der Waals surface area (Å²) in [5.74, 6) is 4.75. The standard InChI is InChI=1S/C25H48N2/c1-20(22-9-4-3-5-10-22)13-15-23(25-12-6-7-18-27-25)16-14-21(2)24-11-8-17-26-19-24/h20-27H,3-19H2,1-2H3. The van der Waals surface area contributed by atoms with Gasteiger partial charge in [-0.25, -0.2) is 0 Å². The molecule has 3 aliphatic rings. The van der Waals surface area contributed by atoms with Gasteiger partial charge < -0.3 is 10.6 Å². The Balaban J connectivity index is 1.47. The first kappa shape index (κ1) is 21.6. The van der Waals surface area contributed by atoms with Crippen molar-refractivity contribution in [3.63, 3.8) is 0 Å². The molecular weight excluding hydrogens is 328 g/mol. The normalized spacial score (nSPS) is 31.3. The number of hydrogen-bond acceptors (Lipinski definition) is 2. The molecule has 5 unspecified atom stereocenters. The molecule has 0 radical (unpaired) electrons. The molecule has 3 rings (SSSR count). The van der Waals surface area contributed by atoms with E-state index in [1.165, 1.54) is 110 Å². The van der Waals surface area contributed by atoms with Crippen molar-refractivity contribution in [3.05, 3.63) is 0 Å². The zero-order valence-electron chi connectivity index (χ0n) is 18.5. The molecule has 2 nitrogen and oxygen atoms in total. The summed E-state index contributed by atoms with van der Waals surface area (Å²) in [6.07, 6.45) is 20.5. The Morgan fingerprint density at radius 1 is 0.667 bits per heavy atom. The number of rotatable bonds is 9. The molecule has 0 amide bonds. The third kappa shape index (κ3) is 7.03. The summed E-state index contributed by atoms with van der Waals surface area (Å²) in [5, 5.41) is 7.54. The maximum absolute atomic E-state index is 3.91. The minimum absolute atomic E-state index is 0.814. The van der Waals surface area contributed by atoms with Crippen molar-refractivity contribution >= 4 is 0 Å². The largest absolute Gasteiger partial charge is 0.316 e. The van der Waals surface area contributed by atoms with E-state index in [2.05, 4.69) is 24.5 Å². The van der Waals surface area contributed by atoms with E-state index >= 15 is 0 Å². The lowest BCUT2D eigenvalue weighted by Gasteiger charge is -2.35. The molecule has 2 aliphatic heterocycles. The Bertz CT molecular complexity index is 350. The molecule has 0 aromatic rings. The van der Waals surface area contributed by atoms with Crippen LogP contribution in [0.1, 0.15) is 104 Å². The van der Waals surface area contributed by atoms with Gasteiger partial charge >= 0.3 is 0 Å². The smallest absolute Gasteiger partial charge is 0.00953 e. The van der Waals surface area contributed by atoms with Crippen LogP contribution in [0.15, 0.2) is 0 Å². The van der Waals surface area contributed by atoms with E-state index in [-0.39, 0.29) is 0 Å². The highest BCUT2D eigenvalue weighted by molar-refractivity contribution is 4.83. The lowest BCUT2D eigenvalue weighted by Crippen LogP contribution is -2.40. The van der Waals surface area contributed by atoms with Crippen molar-refractivity contribution in [1.29, 1.82) is 0 Å². The van der Waals surface area contributed by atoms with Crippen molar-refractivity contribution in [2.24, 2.45) is 29.6 Å². The maximum Gasteiger partial charge on any atom is 0.00953 e. The maximum atomic E-state index is 3.91. The van der Waals surface area contributed by atoms with Crippen LogP contribution in [-0.4, -0.2) is 25.7 Å². The summed E-state index contributed by atoms with van der Waals surface area (Å²) in [6, 6.07) is 0.814. The van der Waals surface area contributed by atoms with E-state index < -0.39 is 0 Å². The molecular formula is C25H48N2. The Morgan fingerprint density at radius 2 is 1.33 bits per heavy atom. The molecule has 2 saturated heterocycles. The first-order valence-corrected chi connectivity index (χ1v) is 12.7. The molecule has 27 heavy (non-hydrogen) atoms. The highest BCUT2D eigenvalue weighted by Gasteiger charge is 2.27. The third-order valence-electron chi connectivity index (χ3n) is 8.50. The quantitative estimate of drug-likeness (QED) is 0.504. The topological polar surface area (TPSA) is 24.1 Å². The Morgan fingerprint density at radius 3 is 1.96 bits per heavy atom. The van der Waals surface area contributed by atoms with Gasteiger partial charge in [0.15, 0.2) is 0 Å². The van der Waals surface area contributed by atoms with E-state index in [0.717, 1.165) is 35.6 Å². The summed E-state index contributed by atoms with van der Waals surface area (Å²) >= 11 is 0. The number of hydrogen-bond donors (Lipinski definition) is 2. The molecule has 1 saturated carbocycles.